The van der Waals surface area contributed by atoms with Crippen molar-refractivity contribution in [3.05, 3.63) is 18.3 Å². The normalized spacial score (nSPS) is 11.4. The zero-order valence-corrected chi connectivity index (χ0v) is 10.1. The summed E-state index contributed by atoms with van der Waals surface area (Å²) in [7, 11) is 0. The molecule has 0 aliphatic rings. The van der Waals surface area contributed by atoms with Crippen LogP contribution in [0.4, 0.5) is 5.82 Å². The van der Waals surface area contributed by atoms with Gasteiger partial charge >= 0.3 is 0 Å². The summed E-state index contributed by atoms with van der Waals surface area (Å²) in [4.78, 5) is 0. The van der Waals surface area contributed by atoms with Crippen molar-refractivity contribution in [2.75, 3.05) is 17.7 Å². The number of rotatable bonds is 6. The quantitative estimate of drug-likeness (QED) is 0.760. The SMILES string of the molecule is CCC(CC)(CCl)CNc1cccnn1. The highest BCUT2D eigenvalue weighted by atomic mass is 35.5. The van der Waals surface area contributed by atoms with E-state index in [-0.39, 0.29) is 5.41 Å². The molecule has 3 nitrogen and oxygen atoms in total. The zero-order valence-electron chi connectivity index (χ0n) is 9.33. The van der Waals surface area contributed by atoms with Crippen LogP contribution >= 0.6 is 11.6 Å². The van der Waals surface area contributed by atoms with E-state index in [0.29, 0.717) is 5.88 Å². The van der Waals surface area contributed by atoms with Crippen LogP contribution in [-0.2, 0) is 0 Å². The van der Waals surface area contributed by atoms with Gasteiger partial charge in [-0.3, -0.25) is 0 Å². The molecular weight excluding hydrogens is 210 g/mol. The maximum Gasteiger partial charge on any atom is 0.148 e. The van der Waals surface area contributed by atoms with Crippen LogP contribution in [-0.4, -0.2) is 22.6 Å². The van der Waals surface area contributed by atoms with Crippen molar-refractivity contribution in [2.45, 2.75) is 26.7 Å². The van der Waals surface area contributed by atoms with E-state index in [1.165, 1.54) is 0 Å². The molecule has 0 aliphatic heterocycles. The second-order valence-corrected chi connectivity index (χ2v) is 4.07. The van der Waals surface area contributed by atoms with Crippen LogP contribution in [0.15, 0.2) is 18.3 Å². The summed E-state index contributed by atoms with van der Waals surface area (Å²) in [5, 5.41) is 11.1. The average Bonchev–Trinajstić information content (AvgIpc) is 2.33. The fourth-order valence-electron chi connectivity index (χ4n) is 1.41. The van der Waals surface area contributed by atoms with Crippen molar-refractivity contribution < 1.29 is 0 Å². The molecule has 15 heavy (non-hydrogen) atoms. The van der Waals surface area contributed by atoms with E-state index in [0.717, 1.165) is 25.2 Å². The number of aromatic nitrogens is 2. The summed E-state index contributed by atoms with van der Waals surface area (Å²) < 4.78 is 0. The number of nitrogens with one attached hydrogen (secondary N) is 1. The summed E-state index contributed by atoms with van der Waals surface area (Å²) in [5.74, 6) is 1.49. The van der Waals surface area contributed by atoms with Crippen LogP contribution in [0.1, 0.15) is 26.7 Å². The second-order valence-electron chi connectivity index (χ2n) is 3.80. The van der Waals surface area contributed by atoms with Crippen molar-refractivity contribution in [1.82, 2.24) is 10.2 Å². The maximum atomic E-state index is 6.01. The van der Waals surface area contributed by atoms with Crippen molar-refractivity contribution in [3.8, 4) is 0 Å². The lowest BCUT2D eigenvalue weighted by atomic mass is 9.84. The molecular formula is C11H18ClN3. The Bertz CT molecular complexity index is 264. The molecule has 0 bridgehead atoms. The van der Waals surface area contributed by atoms with Gasteiger partial charge in [-0.2, -0.15) is 5.10 Å². The first-order valence-corrected chi connectivity index (χ1v) is 5.87. The number of halogens is 1. The average molecular weight is 228 g/mol. The first kappa shape index (κ1) is 12.2. The lowest BCUT2D eigenvalue weighted by molar-refractivity contribution is 0.326. The second kappa shape index (κ2) is 5.91. The van der Waals surface area contributed by atoms with Crippen LogP contribution in [0.2, 0.25) is 0 Å². The monoisotopic (exact) mass is 227 g/mol. The van der Waals surface area contributed by atoms with Gasteiger partial charge in [-0.25, -0.2) is 0 Å². The van der Waals surface area contributed by atoms with E-state index in [1.54, 1.807) is 6.20 Å². The predicted molar refractivity (Wildman–Crippen MR) is 64.3 cm³/mol. The molecule has 0 fully saturated rings. The minimum Gasteiger partial charge on any atom is -0.368 e. The largest absolute Gasteiger partial charge is 0.368 e. The summed E-state index contributed by atoms with van der Waals surface area (Å²) in [5.41, 5.74) is 0.166. The first-order valence-electron chi connectivity index (χ1n) is 5.34. The van der Waals surface area contributed by atoms with Crippen LogP contribution in [0.3, 0.4) is 0 Å². The highest BCUT2D eigenvalue weighted by molar-refractivity contribution is 6.18. The molecule has 1 heterocycles. The van der Waals surface area contributed by atoms with Gasteiger partial charge in [0.2, 0.25) is 0 Å². The Kier molecular flexibility index (Phi) is 4.82. The van der Waals surface area contributed by atoms with Gasteiger partial charge in [0.25, 0.3) is 0 Å². The number of alkyl halides is 1. The topological polar surface area (TPSA) is 37.8 Å². The Balaban J connectivity index is 2.54. The number of hydrogen-bond acceptors (Lipinski definition) is 3. The Hall–Kier alpha value is -0.830. The Morgan fingerprint density at radius 3 is 2.60 bits per heavy atom. The summed E-state index contributed by atoms with van der Waals surface area (Å²) in [6.07, 6.45) is 3.81. The Morgan fingerprint density at radius 1 is 1.40 bits per heavy atom. The van der Waals surface area contributed by atoms with Crippen LogP contribution in [0.5, 0.6) is 0 Å². The van der Waals surface area contributed by atoms with Gasteiger partial charge in [0, 0.05) is 24.0 Å². The van der Waals surface area contributed by atoms with E-state index >= 15 is 0 Å². The van der Waals surface area contributed by atoms with Gasteiger partial charge in [-0.15, -0.1) is 16.7 Å². The molecule has 0 saturated heterocycles. The molecule has 0 aliphatic carbocycles. The number of hydrogen-bond donors (Lipinski definition) is 1. The number of nitrogens with zero attached hydrogens (tertiary/aromatic N) is 2. The summed E-state index contributed by atoms with van der Waals surface area (Å²) >= 11 is 6.01. The lowest BCUT2D eigenvalue weighted by Crippen LogP contribution is -2.30. The molecule has 0 saturated carbocycles. The van der Waals surface area contributed by atoms with Crippen LogP contribution in [0.25, 0.3) is 0 Å². The molecule has 1 aromatic rings. The molecule has 0 unspecified atom stereocenters. The fraction of sp³-hybridized carbons (Fsp3) is 0.636. The third-order valence-corrected chi connectivity index (χ3v) is 3.57. The van der Waals surface area contributed by atoms with Crippen molar-refractivity contribution in [1.29, 1.82) is 0 Å². The molecule has 1 rings (SSSR count). The van der Waals surface area contributed by atoms with Gasteiger partial charge < -0.3 is 5.32 Å². The van der Waals surface area contributed by atoms with Gasteiger partial charge in [0.15, 0.2) is 0 Å². The van der Waals surface area contributed by atoms with Gasteiger partial charge in [0.05, 0.1) is 0 Å². The smallest absolute Gasteiger partial charge is 0.148 e. The van der Waals surface area contributed by atoms with E-state index in [2.05, 4.69) is 29.4 Å². The summed E-state index contributed by atoms with van der Waals surface area (Å²) in [6, 6.07) is 3.78. The predicted octanol–water partition coefficient (Wildman–Crippen LogP) is 2.93. The van der Waals surface area contributed by atoms with Gasteiger partial charge in [-0.1, -0.05) is 13.8 Å². The van der Waals surface area contributed by atoms with Crippen LogP contribution in [0, 0.1) is 5.41 Å². The maximum absolute atomic E-state index is 6.01. The first-order chi connectivity index (χ1) is 7.26. The van der Waals surface area contributed by atoms with Crippen molar-refractivity contribution in [2.24, 2.45) is 5.41 Å². The van der Waals surface area contributed by atoms with E-state index in [9.17, 15) is 0 Å². The molecule has 0 amide bonds. The molecule has 0 aromatic carbocycles. The van der Waals surface area contributed by atoms with E-state index in [1.807, 2.05) is 12.1 Å². The standard InChI is InChI=1S/C11H18ClN3/c1-3-11(4-2,8-12)9-13-10-6-5-7-14-15-10/h5-7H,3-4,8-9H2,1-2H3,(H,13,15). The van der Waals surface area contributed by atoms with E-state index < -0.39 is 0 Å². The Labute approximate surface area is 96.2 Å². The molecule has 0 atom stereocenters. The van der Waals surface area contributed by atoms with Crippen molar-refractivity contribution in [3.63, 3.8) is 0 Å². The zero-order chi connectivity index (χ0) is 11.1. The number of anilines is 1. The molecule has 0 radical (unpaired) electrons. The minimum atomic E-state index is 0.166. The molecule has 1 N–H and O–H groups in total. The van der Waals surface area contributed by atoms with Crippen LogP contribution < -0.4 is 5.32 Å². The third-order valence-electron chi connectivity index (χ3n) is 3.00. The van der Waals surface area contributed by atoms with E-state index in [4.69, 9.17) is 11.6 Å². The highest BCUT2D eigenvalue weighted by Crippen LogP contribution is 2.27. The van der Waals surface area contributed by atoms with Gasteiger partial charge in [0.1, 0.15) is 5.82 Å². The lowest BCUT2D eigenvalue weighted by Gasteiger charge is -2.29. The highest BCUT2D eigenvalue weighted by Gasteiger charge is 2.24. The van der Waals surface area contributed by atoms with Crippen molar-refractivity contribution >= 4 is 17.4 Å². The Morgan fingerprint density at radius 2 is 2.13 bits per heavy atom. The fourth-order valence-corrected chi connectivity index (χ4v) is 1.88. The summed E-state index contributed by atoms with van der Waals surface area (Å²) in [6.45, 7) is 5.19. The van der Waals surface area contributed by atoms with Gasteiger partial charge in [-0.05, 0) is 25.0 Å². The molecule has 4 heteroatoms. The molecule has 1 aromatic heterocycles. The third kappa shape index (κ3) is 3.34. The minimum absolute atomic E-state index is 0.166. The molecule has 84 valence electrons. The molecule has 0 spiro atoms.